The summed E-state index contributed by atoms with van der Waals surface area (Å²) in [5.74, 6) is -0.844. The van der Waals surface area contributed by atoms with Gasteiger partial charge >= 0.3 is 0 Å². The van der Waals surface area contributed by atoms with Gasteiger partial charge in [-0.1, -0.05) is 6.92 Å². The molecule has 6 heteroatoms. The van der Waals surface area contributed by atoms with Gasteiger partial charge in [0.05, 0.1) is 5.69 Å². The fraction of sp³-hybridized carbons (Fsp3) is 0.412. The van der Waals surface area contributed by atoms with Crippen LogP contribution in [0.1, 0.15) is 41.5 Å². The molecule has 1 aromatic carbocycles. The average Bonchev–Trinajstić information content (AvgIpc) is 2.85. The van der Waals surface area contributed by atoms with Crippen LogP contribution in [-0.4, -0.2) is 33.4 Å². The van der Waals surface area contributed by atoms with Crippen LogP contribution in [-0.2, 0) is 0 Å². The minimum Gasteiger partial charge on any atom is -0.396 e. The first kappa shape index (κ1) is 17.1. The Labute approximate surface area is 135 Å². The second-order valence-corrected chi connectivity index (χ2v) is 5.60. The third kappa shape index (κ3) is 3.96. The van der Waals surface area contributed by atoms with Gasteiger partial charge in [0.2, 0.25) is 0 Å². The SMILES string of the molecule is CCC(CCO)NC(=O)c1ccc(-n2nc(C)cc2C)c(F)c1. The molecule has 124 valence electrons. The first-order valence-corrected chi connectivity index (χ1v) is 7.71. The van der Waals surface area contributed by atoms with E-state index in [1.165, 1.54) is 10.7 Å². The Morgan fingerprint density at radius 3 is 2.65 bits per heavy atom. The fourth-order valence-electron chi connectivity index (χ4n) is 2.50. The number of aliphatic hydroxyl groups is 1. The third-order valence-electron chi connectivity index (χ3n) is 3.75. The maximum absolute atomic E-state index is 14.4. The first-order valence-electron chi connectivity index (χ1n) is 7.71. The molecule has 1 unspecified atom stereocenters. The van der Waals surface area contributed by atoms with Crippen molar-refractivity contribution in [3.63, 3.8) is 0 Å². The smallest absolute Gasteiger partial charge is 0.251 e. The second-order valence-electron chi connectivity index (χ2n) is 5.60. The molecule has 0 saturated carbocycles. The summed E-state index contributed by atoms with van der Waals surface area (Å²) in [5, 5.41) is 16.0. The molecule has 23 heavy (non-hydrogen) atoms. The van der Waals surface area contributed by atoms with E-state index in [0.29, 0.717) is 18.5 Å². The van der Waals surface area contributed by atoms with Crippen molar-refractivity contribution in [2.45, 2.75) is 39.7 Å². The van der Waals surface area contributed by atoms with Crippen molar-refractivity contribution >= 4 is 5.91 Å². The predicted octanol–water partition coefficient (Wildman–Crippen LogP) is 2.52. The van der Waals surface area contributed by atoms with Gasteiger partial charge in [-0.2, -0.15) is 5.10 Å². The predicted molar refractivity (Wildman–Crippen MR) is 86.2 cm³/mol. The van der Waals surface area contributed by atoms with Crippen LogP contribution in [0.2, 0.25) is 0 Å². The highest BCUT2D eigenvalue weighted by atomic mass is 19.1. The van der Waals surface area contributed by atoms with E-state index in [0.717, 1.165) is 11.4 Å². The molecule has 5 nitrogen and oxygen atoms in total. The molecular weight excluding hydrogens is 297 g/mol. The number of hydrogen-bond acceptors (Lipinski definition) is 3. The molecule has 1 atom stereocenters. The summed E-state index contributed by atoms with van der Waals surface area (Å²) in [5.41, 5.74) is 2.20. The van der Waals surface area contributed by atoms with E-state index in [2.05, 4.69) is 10.4 Å². The van der Waals surface area contributed by atoms with Gasteiger partial charge in [0.1, 0.15) is 11.5 Å². The standard InChI is InChI=1S/C17H22FN3O2/c1-4-14(7-8-22)19-17(23)13-5-6-16(15(18)10-13)21-12(3)9-11(2)20-21/h5-6,9-10,14,22H,4,7-8H2,1-3H3,(H,19,23). The molecule has 0 saturated heterocycles. The summed E-state index contributed by atoms with van der Waals surface area (Å²) < 4.78 is 15.9. The number of aliphatic hydroxyl groups excluding tert-OH is 1. The van der Waals surface area contributed by atoms with Crippen molar-refractivity contribution in [2.24, 2.45) is 0 Å². The maximum Gasteiger partial charge on any atom is 0.251 e. The van der Waals surface area contributed by atoms with Crippen LogP contribution in [0.4, 0.5) is 4.39 Å². The summed E-state index contributed by atoms with van der Waals surface area (Å²) in [4.78, 5) is 12.2. The van der Waals surface area contributed by atoms with Crippen molar-refractivity contribution in [1.82, 2.24) is 15.1 Å². The summed E-state index contributed by atoms with van der Waals surface area (Å²) in [7, 11) is 0. The zero-order valence-electron chi connectivity index (χ0n) is 13.6. The number of nitrogens with one attached hydrogen (secondary N) is 1. The average molecular weight is 319 g/mol. The lowest BCUT2D eigenvalue weighted by atomic mass is 10.1. The van der Waals surface area contributed by atoms with Crippen molar-refractivity contribution < 1.29 is 14.3 Å². The summed E-state index contributed by atoms with van der Waals surface area (Å²) in [6.07, 6.45) is 1.19. The maximum atomic E-state index is 14.4. The molecule has 2 N–H and O–H groups in total. The Morgan fingerprint density at radius 2 is 2.13 bits per heavy atom. The lowest BCUT2D eigenvalue weighted by Crippen LogP contribution is -2.35. The molecular formula is C17H22FN3O2. The molecule has 1 amide bonds. The van der Waals surface area contributed by atoms with Gasteiger partial charge in [0, 0.05) is 23.9 Å². The number of nitrogens with zero attached hydrogens (tertiary/aromatic N) is 2. The molecule has 0 fully saturated rings. The highest BCUT2D eigenvalue weighted by Crippen LogP contribution is 2.17. The van der Waals surface area contributed by atoms with E-state index in [-0.39, 0.29) is 24.1 Å². The number of amides is 1. The van der Waals surface area contributed by atoms with E-state index in [1.807, 2.05) is 26.8 Å². The van der Waals surface area contributed by atoms with E-state index >= 15 is 0 Å². The zero-order valence-corrected chi connectivity index (χ0v) is 13.6. The molecule has 0 aliphatic heterocycles. The van der Waals surface area contributed by atoms with Gasteiger partial charge in [-0.05, 0) is 51.0 Å². The van der Waals surface area contributed by atoms with E-state index in [4.69, 9.17) is 5.11 Å². The van der Waals surface area contributed by atoms with Gasteiger partial charge in [0.15, 0.2) is 0 Å². The van der Waals surface area contributed by atoms with Gasteiger partial charge in [-0.15, -0.1) is 0 Å². The number of halogens is 1. The van der Waals surface area contributed by atoms with E-state index in [9.17, 15) is 9.18 Å². The van der Waals surface area contributed by atoms with Gasteiger partial charge in [0.25, 0.3) is 5.91 Å². The van der Waals surface area contributed by atoms with Crippen LogP contribution < -0.4 is 5.32 Å². The molecule has 0 bridgehead atoms. The molecule has 2 aromatic rings. The number of aryl methyl sites for hydroxylation is 2. The fourth-order valence-corrected chi connectivity index (χ4v) is 2.50. The lowest BCUT2D eigenvalue weighted by Gasteiger charge is -2.16. The Morgan fingerprint density at radius 1 is 1.39 bits per heavy atom. The van der Waals surface area contributed by atoms with Crippen molar-refractivity contribution in [1.29, 1.82) is 0 Å². The van der Waals surface area contributed by atoms with Gasteiger partial charge < -0.3 is 10.4 Å². The lowest BCUT2D eigenvalue weighted by molar-refractivity contribution is 0.0928. The van der Waals surface area contributed by atoms with E-state index in [1.54, 1.807) is 12.1 Å². The van der Waals surface area contributed by atoms with Gasteiger partial charge in [-0.25, -0.2) is 9.07 Å². The number of carbonyl (C=O) groups is 1. The van der Waals surface area contributed by atoms with Gasteiger partial charge in [-0.3, -0.25) is 4.79 Å². The summed E-state index contributed by atoms with van der Waals surface area (Å²) in [6.45, 7) is 5.62. The molecule has 0 aliphatic rings. The molecule has 0 aliphatic carbocycles. The minimum absolute atomic E-state index is 0.00398. The third-order valence-corrected chi connectivity index (χ3v) is 3.75. The second kappa shape index (κ2) is 7.37. The molecule has 0 radical (unpaired) electrons. The normalized spacial score (nSPS) is 12.2. The van der Waals surface area contributed by atoms with Crippen LogP contribution in [0.5, 0.6) is 0 Å². The molecule has 2 rings (SSSR count). The monoisotopic (exact) mass is 319 g/mol. The first-order chi connectivity index (χ1) is 11.0. The quantitative estimate of drug-likeness (QED) is 0.860. The molecule has 1 aromatic heterocycles. The van der Waals surface area contributed by atoms with Crippen molar-refractivity contribution in [3.8, 4) is 5.69 Å². The van der Waals surface area contributed by atoms with E-state index < -0.39 is 5.82 Å². The van der Waals surface area contributed by atoms with Crippen LogP contribution >= 0.6 is 0 Å². The van der Waals surface area contributed by atoms with Crippen LogP contribution in [0.25, 0.3) is 5.69 Å². The summed E-state index contributed by atoms with van der Waals surface area (Å²) in [6, 6.07) is 6.09. The highest BCUT2D eigenvalue weighted by Gasteiger charge is 2.15. The van der Waals surface area contributed by atoms with Crippen LogP contribution in [0.3, 0.4) is 0 Å². The Kier molecular flexibility index (Phi) is 5.50. The zero-order chi connectivity index (χ0) is 17.0. The molecule has 1 heterocycles. The number of benzene rings is 1. The summed E-state index contributed by atoms with van der Waals surface area (Å²) >= 11 is 0. The number of hydrogen-bond donors (Lipinski definition) is 2. The minimum atomic E-state index is -0.501. The number of rotatable bonds is 6. The highest BCUT2D eigenvalue weighted by molar-refractivity contribution is 5.94. The molecule has 0 spiro atoms. The Bertz CT molecular complexity index is 697. The van der Waals surface area contributed by atoms with Crippen molar-refractivity contribution in [3.05, 3.63) is 47.0 Å². The number of aromatic nitrogens is 2. The number of carbonyl (C=O) groups excluding carboxylic acids is 1. The van der Waals surface area contributed by atoms with Crippen LogP contribution in [0.15, 0.2) is 24.3 Å². The largest absolute Gasteiger partial charge is 0.396 e. The Balaban J connectivity index is 2.22. The topological polar surface area (TPSA) is 67.2 Å². The van der Waals surface area contributed by atoms with Crippen LogP contribution in [0, 0.1) is 19.7 Å². The van der Waals surface area contributed by atoms with Crippen molar-refractivity contribution in [2.75, 3.05) is 6.61 Å². The Hall–Kier alpha value is -2.21.